The van der Waals surface area contributed by atoms with E-state index in [1.165, 1.54) is 302 Å². The molecule has 23 nitrogen and oxygen atoms in total. The number of carboxylic acids is 1. The summed E-state index contributed by atoms with van der Waals surface area (Å²) in [4.78, 5) is 38.8. The third-order valence-electron chi connectivity index (χ3n) is 23.8. The lowest BCUT2D eigenvalue weighted by Crippen LogP contribution is -2.70. The van der Waals surface area contributed by atoms with Crippen molar-refractivity contribution >= 4 is 17.8 Å². The second-order valence-corrected chi connectivity index (χ2v) is 34.2. The maximum absolute atomic E-state index is 13.6. The van der Waals surface area contributed by atoms with Crippen LogP contribution in [0.2, 0.25) is 0 Å². The zero-order valence-corrected chi connectivity index (χ0v) is 72.9. The van der Waals surface area contributed by atoms with Gasteiger partial charge < -0.3 is 100 Å². The van der Waals surface area contributed by atoms with Crippen LogP contribution in [-0.2, 0) is 42.8 Å². The lowest BCUT2D eigenvalue weighted by Gasteiger charge is -2.50. The molecule has 0 radical (unpaired) electrons. The molecule has 2 amide bonds. The summed E-state index contributed by atoms with van der Waals surface area (Å²) in [5.41, 5.74) is 0. The van der Waals surface area contributed by atoms with E-state index >= 15 is 0 Å². The molecule has 3 rings (SSSR count). The zero-order valence-electron chi connectivity index (χ0n) is 72.9. The number of unbranched alkanes of at least 4 members (excludes halogenated alkanes) is 53. The smallest absolute Gasteiger partial charge is 0.364 e. The Morgan fingerprint density at radius 3 is 1.22 bits per heavy atom. The van der Waals surface area contributed by atoms with Gasteiger partial charge in [-0.25, -0.2) is 4.79 Å². The number of aliphatic hydroxyl groups is 11. The van der Waals surface area contributed by atoms with Crippen molar-refractivity contribution in [3.8, 4) is 0 Å². The summed E-state index contributed by atoms with van der Waals surface area (Å²) in [6.07, 6.45) is 56.3. The first-order valence-corrected chi connectivity index (χ1v) is 47.4. The molecule has 0 spiro atoms. The second-order valence-electron chi connectivity index (χ2n) is 34.2. The van der Waals surface area contributed by atoms with Crippen LogP contribution in [0.25, 0.3) is 0 Å². The maximum atomic E-state index is 13.6. The summed E-state index contributed by atoms with van der Waals surface area (Å²) in [5, 5.41) is 137. The Hall–Kier alpha value is -3.05. The van der Waals surface area contributed by atoms with Gasteiger partial charge in [0.2, 0.25) is 11.8 Å². The maximum Gasteiger partial charge on any atom is 0.364 e. The number of aliphatic carboxylic acids is 1. The monoisotopic (exact) mass is 1650 g/mol. The van der Waals surface area contributed by atoms with Crippen molar-refractivity contribution in [2.75, 3.05) is 26.4 Å². The van der Waals surface area contributed by atoms with Crippen LogP contribution >= 0.6 is 0 Å². The van der Waals surface area contributed by atoms with Gasteiger partial charge in [0.05, 0.1) is 50.7 Å². The highest BCUT2D eigenvalue weighted by molar-refractivity contribution is 5.77. The highest BCUT2D eigenvalue weighted by Gasteiger charge is 2.60. The summed E-state index contributed by atoms with van der Waals surface area (Å²) in [5.74, 6) is -6.13. The van der Waals surface area contributed by atoms with Crippen LogP contribution in [0.15, 0.2) is 36.5 Å². The highest BCUT2D eigenvalue weighted by atomic mass is 16.8. The van der Waals surface area contributed by atoms with Gasteiger partial charge in [-0.1, -0.05) is 365 Å². The van der Waals surface area contributed by atoms with Crippen molar-refractivity contribution in [2.24, 2.45) is 0 Å². The number of carbonyl (C=O) groups is 3. The average Bonchev–Trinajstić information content (AvgIpc) is 0.754. The lowest BCUT2D eigenvalue weighted by atomic mass is 9.88. The average molecular weight is 1650 g/mol. The van der Waals surface area contributed by atoms with Gasteiger partial charge in [0.15, 0.2) is 12.6 Å². The van der Waals surface area contributed by atoms with E-state index in [9.17, 15) is 75.7 Å². The summed E-state index contributed by atoms with van der Waals surface area (Å²) in [6, 6.07) is -2.62. The molecule has 116 heavy (non-hydrogen) atoms. The quantitative estimate of drug-likeness (QED) is 0.0199. The largest absolute Gasteiger partial charge is 0.477 e. The SMILES string of the molecule is CCCCCCCCCCCCCCC/C=C\C/C=C\CCCCCCCCCCCCCCCCCCCC(=O)NC(COC1OC(CO)C(OC2OC(CO)C(O)C(OC3(C(=O)O)CC(O)C(NC(C)=O)C(C(O)C(O)CO)O3)C2O)C(O)C1O)C(O)/C=C/CCCCCCCCCCCCCCCCCCCCCCCCC. The summed E-state index contributed by atoms with van der Waals surface area (Å²) < 4.78 is 35.0. The van der Waals surface area contributed by atoms with Gasteiger partial charge >= 0.3 is 5.97 Å². The fraction of sp³-hybridized carbons (Fsp3) is 0.903. The Labute approximate surface area is 701 Å². The number of nitrogens with one attached hydrogen (secondary N) is 2. The highest BCUT2D eigenvalue weighted by Crippen LogP contribution is 2.39. The molecule has 18 unspecified atom stereocenters. The minimum atomic E-state index is -3.09. The van der Waals surface area contributed by atoms with E-state index < -0.39 is 155 Å². The van der Waals surface area contributed by atoms with Gasteiger partial charge in [-0.15, -0.1) is 0 Å². The third kappa shape index (κ3) is 48.1. The van der Waals surface area contributed by atoms with Crippen molar-refractivity contribution in [2.45, 2.75) is 509 Å². The van der Waals surface area contributed by atoms with Crippen molar-refractivity contribution in [3.63, 3.8) is 0 Å². The summed E-state index contributed by atoms with van der Waals surface area (Å²) in [7, 11) is 0. The number of aliphatic hydroxyl groups excluding tert-OH is 11. The number of rotatable bonds is 77. The first-order valence-electron chi connectivity index (χ1n) is 47.4. The zero-order chi connectivity index (χ0) is 84.5. The molecule has 0 aromatic heterocycles. The molecule has 680 valence electrons. The van der Waals surface area contributed by atoms with E-state index in [1.807, 2.05) is 6.08 Å². The number of carboxylic acid groups (broad SMARTS) is 1. The second kappa shape index (κ2) is 70.4. The molecule has 0 aromatic carbocycles. The van der Waals surface area contributed by atoms with Gasteiger partial charge in [0.25, 0.3) is 5.79 Å². The predicted octanol–water partition coefficient (Wildman–Crippen LogP) is 16.0. The molecule has 14 N–H and O–H groups in total. The number of amides is 2. The fourth-order valence-corrected chi connectivity index (χ4v) is 16.4. The minimum Gasteiger partial charge on any atom is -0.477 e. The normalized spacial score (nSPS) is 25.0. The van der Waals surface area contributed by atoms with Crippen molar-refractivity contribution in [1.82, 2.24) is 10.6 Å². The Bertz CT molecular complexity index is 2430. The summed E-state index contributed by atoms with van der Waals surface area (Å²) >= 11 is 0. The molecule has 18 atom stereocenters. The first-order chi connectivity index (χ1) is 56.4. The van der Waals surface area contributed by atoms with E-state index in [0.29, 0.717) is 12.8 Å². The lowest BCUT2D eigenvalue weighted by molar-refractivity contribution is -0.386. The molecule has 0 aliphatic carbocycles. The van der Waals surface area contributed by atoms with Crippen LogP contribution in [0.3, 0.4) is 0 Å². The fourth-order valence-electron chi connectivity index (χ4n) is 16.4. The first kappa shape index (κ1) is 107. The van der Waals surface area contributed by atoms with E-state index in [1.54, 1.807) is 6.08 Å². The van der Waals surface area contributed by atoms with Crippen molar-refractivity contribution in [1.29, 1.82) is 0 Å². The number of allylic oxidation sites excluding steroid dienone is 5. The number of hydrogen-bond donors (Lipinski definition) is 14. The van der Waals surface area contributed by atoms with Crippen LogP contribution < -0.4 is 10.6 Å². The Balaban J connectivity index is 1.42. The third-order valence-corrected chi connectivity index (χ3v) is 23.8. The van der Waals surface area contributed by atoms with Crippen LogP contribution in [0.5, 0.6) is 0 Å². The minimum absolute atomic E-state index is 0.202. The van der Waals surface area contributed by atoms with E-state index in [-0.39, 0.29) is 12.3 Å². The van der Waals surface area contributed by atoms with Crippen LogP contribution in [-0.4, -0.2) is 215 Å². The molecule has 3 fully saturated rings. The molecule has 3 aliphatic heterocycles. The van der Waals surface area contributed by atoms with Gasteiger partial charge in [0, 0.05) is 19.8 Å². The molecule has 0 saturated carbocycles. The van der Waals surface area contributed by atoms with Gasteiger partial charge in [-0.3, -0.25) is 9.59 Å². The van der Waals surface area contributed by atoms with Crippen LogP contribution in [0.1, 0.15) is 400 Å². The molecule has 23 heteroatoms. The van der Waals surface area contributed by atoms with E-state index in [2.05, 4.69) is 48.8 Å². The molecular formula is C93H172N2O21. The van der Waals surface area contributed by atoms with Gasteiger partial charge in [-0.2, -0.15) is 0 Å². The predicted molar refractivity (Wildman–Crippen MR) is 458 cm³/mol. The summed E-state index contributed by atoms with van der Waals surface area (Å²) in [6.45, 7) is 2.22. The molecule has 3 heterocycles. The van der Waals surface area contributed by atoms with E-state index in [0.717, 1.165) is 58.3 Å². The topological polar surface area (TPSA) is 373 Å². The standard InChI is InChI=1S/C93H172N2O21/c1-4-6-8-10-12-14-16-18-20-22-24-26-28-30-31-32-33-34-35-36-37-38-39-40-41-43-45-47-49-51-53-55-57-59-61-63-65-67-80(103)95-74(75(100)66-64-62-60-58-56-54-52-50-48-46-44-42-29-27-25-23-21-19-17-15-13-11-9-7-5-2)72-111-90-85(107)84(106)87(79(71-98)113-90)114-91-86(108)89(83(105)78(70-97)112-91)116-93(92(109)110)68-76(101)81(94-73(3)99)88(115-93)82(104)77(102)69-96/h31-32,34-35,64,66,74-79,81-91,96-98,100-102,104-108H,4-30,33,36-63,65,67-72H2,1-3H3,(H,94,99)(H,95,103)(H,109,110)/b32-31-,35-34-,66-64+. The number of ether oxygens (including phenoxy) is 6. The Morgan fingerprint density at radius 2 is 0.836 bits per heavy atom. The van der Waals surface area contributed by atoms with Crippen LogP contribution in [0, 0.1) is 0 Å². The van der Waals surface area contributed by atoms with E-state index in [4.69, 9.17) is 28.4 Å². The Morgan fingerprint density at radius 1 is 0.457 bits per heavy atom. The van der Waals surface area contributed by atoms with Crippen molar-refractivity contribution < 1.29 is 104 Å². The molecule has 0 aromatic rings. The van der Waals surface area contributed by atoms with Crippen LogP contribution in [0.4, 0.5) is 0 Å². The molecule has 0 bridgehead atoms. The Kier molecular flexibility index (Phi) is 65.0. The molecule has 3 saturated heterocycles. The number of carbonyl (C=O) groups excluding carboxylic acids is 2. The molecule has 3 aliphatic rings. The molecular weight excluding hydrogens is 1480 g/mol. The van der Waals surface area contributed by atoms with Gasteiger partial charge in [0.1, 0.15) is 67.1 Å². The van der Waals surface area contributed by atoms with Crippen molar-refractivity contribution in [3.05, 3.63) is 36.5 Å². The number of hydrogen-bond acceptors (Lipinski definition) is 20. The van der Waals surface area contributed by atoms with Gasteiger partial charge in [-0.05, 0) is 51.4 Å².